The van der Waals surface area contributed by atoms with Gasteiger partial charge in [-0.3, -0.25) is 0 Å². The predicted molar refractivity (Wildman–Crippen MR) is 56.6 cm³/mol. The van der Waals surface area contributed by atoms with Gasteiger partial charge in [0.2, 0.25) is 5.95 Å². The van der Waals surface area contributed by atoms with Gasteiger partial charge in [-0.1, -0.05) is 15.9 Å². The van der Waals surface area contributed by atoms with Crippen LogP contribution in [0.4, 0.5) is 19.1 Å². The minimum Gasteiger partial charge on any atom is -0.340 e. The molecule has 7 heteroatoms. The monoisotopic (exact) mass is 295 g/mol. The summed E-state index contributed by atoms with van der Waals surface area (Å²) in [6.45, 7) is 1.32. The van der Waals surface area contributed by atoms with E-state index in [1.165, 1.54) is 0 Å². The second-order valence-electron chi connectivity index (χ2n) is 3.57. The average molecular weight is 296 g/mol. The quantitative estimate of drug-likeness (QED) is 0.746. The minimum atomic E-state index is -4.41. The molecule has 88 valence electrons. The Balaban J connectivity index is 2.23. The molecule has 3 nitrogen and oxygen atoms in total. The second kappa shape index (κ2) is 4.20. The van der Waals surface area contributed by atoms with Gasteiger partial charge in [-0.25, -0.2) is 9.97 Å². The Morgan fingerprint density at radius 2 is 2.19 bits per heavy atom. The fraction of sp³-hybridized carbons (Fsp3) is 0.556. The zero-order chi connectivity index (χ0) is 11.8. The van der Waals surface area contributed by atoms with E-state index in [1.54, 1.807) is 4.90 Å². The lowest BCUT2D eigenvalue weighted by Gasteiger charge is -2.16. The minimum absolute atomic E-state index is 0.150. The average Bonchev–Trinajstić information content (AvgIpc) is 2.64. The third kappa shape index (κ3) is 2.45. The van der Waals surface area contributed by atoms with Gasteiger partial charge in [-0.05, 0) is 12.5 Å². The Morgan fingerprint density at radius 1 is 1.44 bits per heavy atom. The summed E-state index contributed by atoms with van der Waals surface area (Å²) in [7, 11) is 0. The van der Waals surface area contributed by atoms with E-state index in [4.69, 9.17) is 0 Å². The highest BCUT2D eigenvalue weighted by Crippen LogP contribution is 2.29. The van der Waals surface area contributed by atoms with Crippen molar-refractivity contribution in [3.8, 4) is 0 Å². The van der Waals surface area contributed by atoms with Crippen LogP contribution in [0.5, 0.6) is 0 Å². The highest BCUT2D eigenvalue weighted by molar-refractivity contribution is 9.09. The summed E-state index contributed by atoms with van der Waals surface area (Å²) in [5, 5.41) is 0. The summed E-state index contributed by atoms with van der Waals surface area (Å²) >= 11 is 3.41. The first kappa shape index (κ1) is 11.6. The summed E-state index contributed by atoms with van der Waals surface area (Å²) in [6.07, 6.45) is -2.38. The van der Waals surface area contributed by atoms with Crippen molar-refractivity contribution in [1.29, 1.82) is 0 Å². The third-order valence-corrected chi connectivity index (χ3v) is 3.09. The molecule has 1 fully saturated rings. The standard InChI is InChI=1S/C9H9BrF3N3/c10-6-2-4-16(5-6)8-14-3-1-7(15-8)9(11,12)13/h1,3,6H,2,4-5H2. The van der Waals surface area contributed by atoms with Gasteiger partial charge in [0, 0.05) is 24.1 Å². The van der Waals surface area contributed by atoms with Gasteiger partial charge in [0.25, 0.3) is 0 Å². The van der Waals surface area contributed by atoms with Crippen molar-refractivity contribution < 1.29 is 13.2 Å². The Bertz CT molecular complexity index is 383. The highest BCUT2D eigenvalue weighted by atomic mass is 79.9. The number of rotatable bonds is 1. The number of hydrogen-bond acceptors (Lipinski definition) is 3. The molecule has 16 heavy (non-hydrogen) atoms. The van der Waals surface area contributed by atoms with Gasteiger partial charge in [0.05, 0.1) is 0 Å². The lowest BCUT2D eigenvalue weighted by atomic mass is 10.4. The van der Waals surface area contributed by atoms with Crippen molar-refractivity contribution in [1.82, 2.24) is 9.97 Å². The van der Waals surface area contributed by atoms with Crippen molar-refractivity contribution in [3.63, 3.8) is 0 Å². The maximum Gasteiger partial charge on any atom is 0.433 e. The number of anilines is 1. The summed E-state index contributed by atoms with van der Waals surface area (Å²) in [5.74, 6) is 0.150. The van der Waals surface area contributed by atoms with E-state index in [9.17, 15) is 13.2 Å². The van der Waals surface area contributed by atoms with Crippen molar-refractivity contribution in [2.75, 3.05) is 18.0 Å². The van der Waals surface area contributed by atoms with Crippen LogP contribution in [0.15, 0.2) is 12.3 Å². The molecule has 1 unspecified atom stereocenters. The second-order valence-corrected chi connectivity index (χ2v) is 4.87. The molecule has 0 saturated carbocycles. The molecule has 2 rings (SSSR count). The van der Waals surface area contributed by atoms with Crippen LogP contribution in [-0.2, 0) is 6.18 Å². The van der Waals surface area contributed by atoms with Crippen LogP contribution >= 0.6 is 15.9 Å². The van der Waals surface area contributed by atoms with Crippen LogP contribution in [0, 0.1) is 0 Å². The van der Waals surface area contributed by atoms with E-state index in [0.717, 1.165) is 18.7 Å². The van der Waals surface area contributed by atoms with Crippen molar-refractivity contribution >= 4 is 21.9 Å². The molecular formula is C9H9BrF3N3. The van der Waals surface area contributed by atoms with Gasteiger partial charge >= 0.3 is 6.18 Å². The Labute approximate surface area is 98.8 Å². The molecular weight excluding hydrogens is 287 g/mol. The van der Waals surface area contributed by atoms with Gasteiger partial charge < -0.3 is 4.90 Å². The van der Waals surface area contributed by atoms with Crippen LogP contribution in [0.3, 0.4) is 0 Å². The Hall–Kier alpha value is -0.850. The summed E-state index contributed by atoms with van der Waals surface area (Å²) in [5.41, 5.74) is -0.893. The maximum absolute atomic E-state index is 12.4. The number of nitrogens with zero attached hydrogens (tertiary/aromatic N) is 3. The molecule has 1 aromatic heterocycles. The summed E-state index contributed by atoms with van der Waals surface area (Å²) < 4.78 is 37.2. The van der Waals surface area contributed by atoms with Gasteiger partial charge in [-0.2, -0.15) is 13.2 Å². The molecule has 0 spiro atoms. The van der Waals surface area contributed by atoms with Gasteiger partial charge in [-0.15, -0.1) is 0 Å². The molecule has 1 aromatic rings. The molecule has 1 atom stereocenters. The molecule has 0 amide bonds. The first-order valence-electron chi connectivity index (χ1n) is 4.76. The van der Waals surface area contributed by atoms with Crippen molar-refractivity contribution in [2.45, 2.75) is 17.4 Å². The normalized spacial score (nSPS) is 21.5. The van der Waals surface area contributed by atoms with E-state index in [-0.39, 0.29) is 5.95 Å². The Kier molecular flexibility index (Phi) is 3.05. The van der Waals surface area contributed by atoms with E-state index in [1.807, 2.05) is 0 Å². The summed E-state index contributed by atoms with van der Waals surface area (Å²) in [6, 6.07) is 0.880. The molecule has 2 heterocycles. The largest absolute Gasteiger partial charge is 0.433 e. The SMILES string of the molecule is FC(F)(F)c1ccnc(N2CCC(Br)C2)n1. The lowest BCUT2D eigenvalue weighted by Crippen LogP contribution is -2.23. The van der Waals surface area contributed by atoms with E-state index < -0.39 is 11.9 Å². The lowest BCUT2D eigenvalue weighted by molar-refractivity contribution is -0.141. The molecule has 1 aliphatic rings. The molecule has 0 aromatic carbocycles. The topological polar surface area (TPSA) is 29.0 Å². The number of alkyl halides is 4. The predicted octanol–water partition coefficient (Wildman–Crippen LogP) is 2.47. The molecule has 1 aliphatic heterocycles. The maximum atomic E-state index is 12.4. The van der Waals surface area contributed by atoms with Crippen LogP contribution in [0.1, 0.15) is 12.1 Å². The number of halogens is 4. The van der Waals surface area contributed by atoms with Crippen LogP contribution in [-0.4, -0.2) is 27.9 Å². The van der Waals surface area contributed by atoms with Crippen molar-refractivity contribution in [3.05, 3.63) is 18.0 Å². The van der Waals surface area contributed by atoms with Crippen LogP contribution < -0.4 is 4.90 Å². The number of aromatic nitrogens is 2. The summed E-state index contributed by atoms with van der Waals surface area (Å²) in [4.78, 5) is 9.43. The fourth-order valence-electron chi connectivity index (χ4n) is 1.56. The first-order chi connectivity index (χ1) is 7.47. The van der Waals surface area contributed by atoms with Gasteiger partial charge in [0.15, 0.2) is 0 Å². The number of hydrogen-bond donors (Lipinski definition) is 0. The van der Waals surface area contributed by atoms with Gasteiger partial charge in [0.1, 0.15) is 5.69 Å². The van der Waals surface area contributed by atoms with E-state index >= 15 is 0 Å². The molecule has 0 radical (unpaired) electrons. The third-order valence-electron chi connectivity index (χ3n) is 2.35. The van der Waals surface area contributed by atoms with Crippen LogP contribution in [0.25, 0.3) is 0 Å². The molecule has 0 N–H and O–H groups in total. The first-order valence-corrected chi connectivity index (χ1v) is 5.67. The smallest absolute Gasteiger partial charge is 0.340 e. The zero-order valence-electron chi connectivity index (χ0n) is 8.21. The fourth-order valence-corrected chi connectivity index (χ4v) is 2.11. The molecule has 0 aliphatic carbocycles. The Morgan fingerprint density at radius 3 is 2.75 bits per heavy atom. The van der Waals surface area contributed by atoms with E-state index in [2.05, 4.69) is 25.9 Å². The van der Waals surface area contributed by atoms with Crippen molar-refractivity contribution in [2.24, 2.45) is 0 Å². The van der Waals surface area contributed by atoms with Crippen LogP contribution in [0.2, 0.25) is 0 Å². The molecule has 1 saturated heterocycles. The highest BCUT2D eigenvalue weighted by Gasteiger charge is 2.33. The molecule has 0 bridgehead atoms. The van der Waals surface area contributed by atoms with E-state index in [0.29, 0.717) is 17.9 Å². The zero-order valence-corrected chi connectivity index (χ0v) is 9.79.